The molecule has 0 bridgehead atoms. The topological polar surface area (TPSA) is 24.9 Å². The molecule has 1 fully saturated rings. The molecule has 1 aromatic heterocycles. The highest BCUT2D eigenvalue weighted by atomic mass is 79.9. The minimum atomic E-state index is 0.436. The van der Waals surface area contributed by atoms with E-state index in [1.807, 2.05) is 12.4 Å². The van der Waals surface area contributed by atoms with Crippen molar-refractivity contribution >= 4 is 15.9 Å². The van der Waals surface area contributed by atoms with Crippen LogP contribution in [-0.2, 0) is 6.42 Å². The molecule has 1 aromatic rings. The number of pyridine rings is 1. The molecular formula is C16H25BrN2. The second kappa shape index (κ2) is 6.85. The number of nitrogens with zero attached hydrogens (tertiary/aromatic N) is 1. The summed E-state index contributed by atoms with van der Waals surface area (Å²) in [6.07, 6.45) is 11.9. The Labute approximate surface area is 125 Å². The molecule has 2 rings (SSSR count). The van der Waals surface area contributed by atoms with Crippen LogP contribution < -0.4 is 5.32 Å². The second-order valence-electron chi connectivity index (χ2n) is 6.28. The van der Waals surface area contributed by atoms with Gasteiger partial charge in [0.1, 0.15) is 0 Å². The van der Waals surface area contributed by atoms with Gasteiger partial charge in [0.05, 0.1) is 0 Å². The van der Waals surface area contributed by atoms with Gasteiger partial charge in [-0.1, -0.05) is 33.1 Å². The first-order chi connectivity index (χ1) is 9.10. The molecule has 0 spiro atoms. The maximum atomic E-state index is 4.31. The van der Waals surface area contributed by atoms with E-state index in [1.54, 1.807) is 0 Å². The first-order valence-electron chi connectivity index (χ1n) is 7.42. The molecule has 2 nitrogen and oxygen atoms in total. The lowest BCUT2D eigenvalue weighted by atomic mass is 9.70. The number of nitrogens with one attached hydrogen (secondary N) is 1. The monoisotopic (exact) mass is 324 g/mol. The number of hydrogen-bond donors (Lipinski definition) is 1. The maximum Gasteiger partial charge on any atom is 0.0410 e. The van der Waals surface area contributed by atoms with Crippen molar-refractivity contribution in [1.29, 1.82) is 0 Å². The van der Waals surface area contributed by atoms with Crippen LogP contribution in [0.4, 0.5) is 0 Å². The molecule has 0 unspecified atom stereocenters. The normalized spacial score (nSPS) is 18.7. The third-order valence-corrected chi connectivity index (χ3v) is 4.57. The van der Waals surface area contributed by atoms with Gasteiger partial charge in [-0.05, 0) is 52.2 Å². The highest BCUT2D eigenvalue weighted by Gasteiger charge is 2.32. The molecule has 1 saturated carbocycles. The Bertz CT molecular complexity index is 397. The zero-order chi connectivity index (χ0) is 13.7. The molecular weight excluding hydrogens is 300 g/mol. The Hall–Kier alpha value is -0.410. The van der Waals surface area contributed by atoms with E-state index in [1.165, 1.54) is 37.7 Å². The SMILES string of the molecule is CC(C)NCC1(Cc2cncc(Br)c2)CCCCC1. The zero-order valence-electron chi connectivity index (χ0n) is 12.1. The Balaban J connectivity index is 2.08. The molecule has 1 aliphatic rings. The first-order valence-corrected chi connectivity index (χ1v) is 8.22. The number of rotatable bonds is 5. The maximum absolute atomic E-state index is 4.31. The third-order valence-electron chi connectivity index (χ3n) is 4.14. The first kappa shape index (κ1) is 15.0. The van der Waals surface area contributed by atoms with Crippen molar-refractivity contribution in [3.8, 4) is 0 Å². The van der Waals surface area contributed by atoms with Crippen LogP contribution in [0.15, 0.2) is 22.9 Å². The second-order valence-corrected chi connectivity index (χ2v) is 7.20. The van der Waals surface area contributed by atoms with E-state index in [0.717, 1.165) is 17.4 Å². The van der Waals surface area contributed by atoms with E-state index in [0.29, 0.717) is 11.5 Å². The highest BCUT2D eigenvalue weighted by molar-refractivity contribution is 9.10. The molecule has 0 aromatic carbocycles. The van der Waals surface area contributed by atoms with Gasteiger partial charge in [-0.3, -0.25) is 4.98 Å². The highest BCUT2D eigenvalue weighted by Crippen LogP contribution is 2.39. The van der Waals surface area contributed by atoms with Gasteiger partial charge in [-0.2, -0.15) is 0 Å². The summed E-state index contributed by atoms with van der Waals surface area (Å²) < 4.78 is 1.09. The zero-order valence-corrected chi connectivity index (χ0v) is 13.7. The summed E-state index contributed by atoms with van der Waals surface area (Å²) in [4.78, 5) is 4.31. The van der Waals surface area contributed by atoms with Crippen LogP contribution in [0, 0.1) is 5.41 Å². The van der Waals surface area contributed by atoms with E-state index < -0.39 is 0 Å². The fraction of sp³-hybridized carbons (Fsp3) is 0.688. The number of aromatic nitrogens is 1. The minimum Gasteiger partial charge on any atom is -0.314 e. The quantitative estimate of drug-likeness (QED) is 0.871. The van der Waals surface area contributed by atoms with Crippen LogP contribution in [0.25, 0.3) is 0 Å². The summed E-state index contributed by atoms with van der Waals surface area (Å²) >= 11 is 3.53. The predicted molar refractivity (Wildman–Crippen MR) is 84.3 cm³/mol. The Morgan fingerprint density at radius 3 is 2.63 bits per heavy atom. The lowest BCUT2D eigenvalue weighted by molar-refractivity contribution is 0.176. The number of hydrogen-bond acceptors (Lipinski definition) is 2. The van der Waals surface area contributed by atoms with Gasteiger partial charge >= 0.3 is 0 Å². The van der Waals surface area contributed by atoms with Crippen LogP contribution in [0.2, 0.25) is 0 Å². The lowest BCUT2D eigenvalue weighted by Gasteiger charge is -2.38. The van der Waals surface area contributed by atoms with Gasteiger partial charge in [0.25, 0.3) is 0 Å². The molecule has 19 heavy (non-hydrogen) atoms. The van der Waals surface area contributed by atoms with Crippen molar-refractivity contribution in [3.05, 3.63) is 28.5 Å². The molecule has 1 N–H and O–H groups in total. The van der Waals surface area contributed by atoms with Crippen LogP contribution in [0.3, 0.4) is 0 Å². The van der Waals surface area contributed by atoms with Gasteiger partial charge in [0, 0.05) is 29.5 Å². The van der Waals surface area contributed by atoms with Crippen molar-refractivity contribution in [2.45, 2.75) is 58.4 Å². The van der Waals surface area contributed by atoms with Crippen LogP contribution in [-0.4, -0.2) is 17.6 Å². The molecule has 1 aliphatic carbocycles. The van der Waals surface area contributed by atoms with Crippen molar-refractivity contribution in [2.75, 3.05) is 6.54 Å². The summed E-state index contributed by atoms with van der Waals surface area (Å²) in [5.41, 5.74) is 1.80. The van der Waals surface area contributed by atoms with Crippen molar-refractivity contribution < 1.29 is 0 Å². The summed E-state index contributed by atoms with van der Waals surface area (Å²) in [5, 5.41) is 3.66. The molecule has 106 valence electrons. The predicted octanol–water partition coefficient (Wildman–Crippen LogP) is 4.34. The summed E-state index contributed by atoms with van der Waals surface area (Å²) in [5.74, 6) is 0. The smallest absolute Gasteiger partial charge is 0.0410 e. The van der Waals surface area contributed by atoms with E-state index in [4.69, 9.17) is 0 Å². The molecule has 0 atom stereocenters. The van der Waals surface area contributed by atoms with E-state index in [-0.39, 0.29) is 0 Å². The van der Waals surface area contributed by atoms with Gasteiger partial charge in [-0.25, -0.2) is 0 Å². The molecule has 3 heteroatoms. The fourth-order valence-corrected chi connectivity index (χ4v) is 3.54. The molecule has 1 heterocycles. The standard InChI is InChI=1S/C16H25BrN2/c1-13(2)19-12-16(6-4-3-5-7-16)9-14-8-15(17)11-18-10-14/h8,10-11,13,19H,3-7,9,12H2,1-2H3. The molecule has 0 saturated heterocycles. The third kappa shape index (κ3) is 4.57. The summed E-state index contributed by atoms with van der Waals surface area (Å²) in [7, 11) is 0. The van der Waals surface area contributed by atoms with Crippen LogP contribution in [0.5, 0.6) is 0 Å². The van der Waals surface area contributed by atoms with Crippen LogP contribution >= 0.6 is 15.9 Å². The van der Waals surface area contributed by atoms with Gasteiger partial charge in [-0.15, -0.1) is 0 Å². The molecule has 0 radical (unpaired) electrons. The number of halogens is 1. The van der Waals surface area contributed by atoms with Gasteiger partial charge < -0.3 is 5.32 Å². The van der Waals surface area contributed by atoms with Gasteiger partial charge in [0.15, 0.2) is 0 Å². The van der Waals surface area contributed by atoms with Crippen molar-refractivity contribution in [1.82, 2.24) is 10.3 Å². The largest absolute Gasteiger partial charge is 0.314 e. The lowest BCUT2D eigenvalue weighted by Crippen LogP contribution is -2.40. The van der Waals surface area contributed by atoms with E-state index in [2.05, 4.69) is 46.1 Å². The minimum absolute atomic E-state index is 0.436. The average molecular weight is 325 g/mol. The van der Waals surface area contributed by atoms with Crippen molar-refractivity contribution in [2.24, 2.45) is 5.41 Å². The van der Waals surface area contributed by atoms with Gasteiger partial charge in [0.2, 0.25) is 0 Å². The molecule has 0 amide bonds. The van der Waals surface area contributed by atoms with Crippen LogP contribution in [0.1, 0.15) is 51.5 Å². The molecule has 0 aliphatic heterocycles. The summed E-state index contributed by atoms with van der Waals surface area (Å²) in [6.45, 7) is 5.60. The van der Waals surface area contributed by atoms with E-state index >= 15 is 0 Å². The fourth-order valence-electron chi connectivity index (χ4n) is 3.12. The summed E-state index contributed by atoms with van der Waals surface area (Å²) in [6, 6.07) is 2.79. The van der Waals surface area contributed by atoms with E-state index in [9.17, 15) is 0 Å². The Kier molecular flexibility index (Phi) is 5.40. The Morgan fingerprint density at radius 1 is 1.26 bits per heavy atom. The van der Waals surface area contributed by atoms with Crippen molar-refractivity contribution in [3.63, 3.8) is 0 Å². The Morgan fingerprint density at radius 2 is 2.00 bits per heavy atom. The average Bonchev–Trinajstić information content (AvgIpc) is 2.38.